The van der Waals surface area contributed by atoms with E-state index in [1.165, 1.54) is 12.1 Å². The molecule has 0 aliphatic heterocycles. The van der Waals surface area contributed by atoms with E-state index >= 15 is 0 Å². The lowest BCUT2D eigenvalue weighted by Crippen LogP contribution is -2.36. The van der Waals surface area contributed by atoms with Crippen molar-refractivity contribution in [1.29, 1.82) is 0 Å². The molecule has 21 heavy (non-hydrogen) atoms. The Labute approximate surface area is 130 Å². The summed E-state index contributed by atoms with van der Waals surface area (Å²) in [5.41, 5.74) is 8.26. The van der Waals surface area contributed by atoms with E-state index in [0.717, 1.165) is 22.7 Å². The molecule has 0 spiro atoms. The van der Waals surface area contributed by atoms with Crippen molar-refractivity contribution >= 4 is 11.6 Å². The van der Waals surface area contributed by atoms with Crippen molar-refractivity contribution in [1.82, 2.24) is 4.90 Å². The Morgan fingerprint density at radius 1 is 1.19 bits per heavy atom. The van der Waals surface area contributed by atoms with E-state index in [9.17, 15) is 4.39 Å². The van der Waals surface area contributed by atoms with Gasteiger partial charge < -0.3 is 5.73 Å². The quantitative estimate of drug-likeness (QED) is 0.904. The normalized spacial score (nSPS) is 14.2. The Kier molecular flexibility index (Phi) is 5.34. The van der Waals surface area contributed by atoms with Crippen LogP contribution in [0.15, 0.2) is 48.5 Å². The van der Waals surface area contributed by atoms with E-state index in [0.29, 0.717) is 0 Å². The molecule has 0 saturated heterocycles. The number of likely N-dealkylation sites (N-methyl/N-ethyl adjacent to an activating group) is 1. The molecule has 0 saturated carbocycles. The van der Waals surface area contributed by atoms with E-state index in [1.54, 1.807) is 12.1 Å². The molecule has 2 aromatic carbocycles. The molecule has 2 nitrogen and oxygen atoms in total. The van der Waals surface area contributed by atoms with Crippen molar-refractivity contribution in [2.24, 2.45) is 5.73 Å². The smallest absolute Gasteiger partial charge is 0.123 e. The predicted molar refractivity (Wildman–Crippen MR) is 85.7 cm³/mol. The van der Waals surface area contributed by atoms with Gasteiger partial charge in [-0.1, -0.05) is 35.9 Å². The fraction of sp³-hybridized carbons (Fsp3) is 0.294. The monoisotopic (exact) mass is 306 g/mol. The molecule has 0 fully saturated rings. The van der Waals surface area contributed by atoms with Crippen LogP contribution in [0.5, 0.6) is 0 Å². The molecule has 0 bridgehead atoms. The standard InChI is InChI=1S/C17H20ClFN2/c1-12(20)17(14-6-8-16(19)9-7-14)21(2)11-13-4-3-5-15(18)10-13/h3-10,12,17H,11,20H2,1-2H3. The van der Waals surface area contributed by atoms with Gasteiger partial charge in [0.2, 0.25) is 0 Å². The maximum absolute atomic E-state index is 13.1. The molecule has 2 N–H and O–H groups in total. The van der Waals surface area contributed by atoms with Crippen molar-refractivity contribution < 1.29 is 4.39 Å². The molecular weight excluding hydrogens is 287 g/mol. The number of benzene rings is 2. The van der Waals surface area contributed by atoms with Crippen molar-refractivity contribution in [3.05, 3.63) is 70.5 Å². The Balaban J connectivity index is 2.19. The Morgan fingerprint density at radius 3 is 2.43 bits per heavy atom. The van der Waals surface area contributed by atoms with Crippen LogP contribution in [0.25, 0.3) is 0 Å². The third-order valence-electron chi connectivity index (χ3n) is 3.51. The average molecular weight is 307 g/mol. The van der Waals surface area contributed by atoms with Gasteiger partial charge in [-0.15, -0.1) is 0 Å². The van der Waals surface area contributed by atoms with Crippen LogP contribution in [0.1, 0.15) is 24.1 Å². The largest absolute Gasteiger partial charge is 0.326 e. The van der Waals surface area contributed by atoms with E-state index in [-0.39, 0.29) is 17.9 Å². The maximum atomic E-state index is 13.1. The minimum absolute atomic E-state index is 0.0181. The van der Waals surface area contributed by atoms with Crippen LogP contribution >= 0.6 is 11.6 Å². The van der Waals surface area contributed by atoms with Gasteiger partial charge in [0, 0.05) is 23.7 Å². The highest BCUT2D eigenvalue weighted by Crippen LogP contribution is 2.24. The van der Waals surface area contributed by atoms with Crippen molar-refractivity contribution in [2.75, 3.05) is 7.05 Å². The van der Waals surface area contributed by atoms with Crippen LogP contribution in [0.3, 0.4) is 0 Å². The van der Waals surface area contributed by atoms with Crippen LogP contribution in [-0.2, 0) is 6.54 Å². The van der Waals surface area contributed by atoms with Crippen LogP contribution in [0.4, 0.5) is 4.39 Å². The summed E-state index contributed by atoms with van der Waals surface area (Å²) in [5, 5.41) is 0.722. The number of nitrogens with zero attached hydrogens (tertiary/aromatic N) is 1. The molecule has 112 valence electrons. The zero-order chi connectivity index (χ0) is 15.4. The number of rotatable bonds is 5. The number of hydrogen-bond donors (Lipinski definition) is 1. The second kappa shape index (κ2) is 7.03. The highest BCUT2D eigenvalue weighted by atomic mass is 35.5. The second-order valence-electron chi connectivity index (χ2n) is 5.40. The van der Waals surface area contributed by atoms with E-state index in [4.69, 9.17) is 17.3 Å². The molecule has 0 aliphatic rings. The molecule has 0 aromatic heterocycles. The molecule has 2 unspecified atom stereocenters. The third kappa shape index (κ3) is 4.27. The number of hydrogen-bond acceptors (Lipinski definition) is 2. The first-order chi connectivity index (χ1) is 9.97. The van der Waals surface area contributed by atoms with Crippen LogP contribution in [0.2, 0.25) is 5.02 Å². The lowest BCUT2D eigenvalue weighted by molar-refractivity contribution is 0.211. The summed E-state index contributed by atoms with van der Waals surface area (Å²) in [6.07, 6.45) is 0. The maximum Gasteiger partial charge on any atom is 0.123 e. The minimum atomic E-state index is -0.236. The summed E-state index contributed by atoms with van der Waals surface area (Å²) in [5.74, 6) is -0.236. The van der Waals surface area contributed by atoms with E-state index in [1.807, 2.05) is 38.2 Å². The fourth-order valence-electron chi connectivity index (χ4n) is 2.64. The zero-order valence-corrected chi connectivity index (χ0v) is 13.0. The summed E-state index contributed by atoms with van der Waals surface area (Å²) in [7, 11) is 2.01. The molecule has 2 rings (SSSR count). The third-order valence-corrected chi connectivity index (χ3v) is 3.74. The minimum Gasteiger partial charge on any atom is -0.326 e. The molecule has 2 atom stereocenters. The van der Waals surface area contributed by atoms with Gasteiger partial charge in [-0.3, -0.25) is 4.90 Å². The van der Waals surface area contributed by atoms with Gasteiger partial charge in [-0.05, 0) is 49.4 Å². The fourth-order valence-corrected chi connectivity index (χ4v) is 2.85. The van der Waals surface area contributed by atoms with Gasteiger partial charge in [0.1, 0.15) is 5.82 Å². The number of halogens is 2. The SMILES string of the molecule is CC(N)C(c1ccc(F)cc1)N(C)Cc1cccc(Cl)c1. The molecular formula is C17H20ClFN2. The van der Waals surface area contributed by atoms with Crippen LogP contribution in [0, 0.1) is 5.82 Å². The van der Waals surface area contributed by atoms with Gasteiger partial charge in [-0.25, -0.2) is 4.39 Å². The lowest BCUT2D eigenvalue weighted by atomic mass is 9.99. The van der Waals surface area contributed by atoms with Gasteiger partial charge >= 0.3 is 0 Å². The summed E-state index contributed by atoms with van der Waals surface area (Å²) in [6, 6.07) is 14.2. The first kappa shape index (κ1) is 16.0. The molecule has 0 radical (unpaired) electrons. The van der Waals surface area contributed by atoms with Crippen LogP contribution in [-0.4, -0.2) is 18.0 Å². The van der Waals surface area contributed by atoms with E-state index < -0.39 is 0 Å². The van der Waals surface area contributed by atoms with Gasteiger partial charge in [0.05, 0.1) is 0 Å². The summed E-state index contributed by atoms with van der Waals surface area (Å²) >= 11 is 6.02. The lowest BCUT2D eigenvalue weighted by Gasteiger charge is -2.31. The highest BCUT2D eigenvalue weighted by Gasteiger charge is 2.21. The second-order valence-corrected chi connectivity index (χ2v) is 5.84. The van der Waals surface area contributed by atoms with E-state index in [2.05, 4.69) is 4.90 Å². The first-order valence-corrected chi connectivity index (χ1v) is 7.31. The molecule has 4 heteroatoms. The Bertz CT molecular complexity index is 584. The molecule has 0 heterocycles. The Hall–Kier alpha value is -1.42. The summed E-state index contributed by atoms with van der Waals surface area (Å²) in [6.45, 7) is 2.69. The summed E-state index contributed by atoms with van der Waals surface area (Å²) < 4.78 is 13.1. The Morgan fingerprint density at radius 2 is 1.86 bits per heavy atom. The van der Waals surface area contributed by atoms with Gasteiger partial charge in [-0.2, -0.15) is 0 Å². The van der Waals surface area contributed by atoms with Crippen molar-refractivity contribution in [2.45, 2.75) is 25.6 Å². The predicted octanol–water partition coefficient (Wildman–Crippen LogP) is 4.00. The summed E-state index contributed by atoms with van der Waals surface area (Å²) in [4.78, 5) is 2.16. The van der Waals surface area contributed by atoms with Crippen LogP contribution < -0.4 is 5.73 Å². The van der Waals surface area contributed by atoms with Gasteiger partial charge in [0.15, 0.2) is 0 Å². The zero-order valence-electron chi connectivity index (χ0n) is 12.3. The molecule has 0 aliphatic carbocycles. The topological polar surface area (TPSA) is 29.3 Å². The van der Waals surface area contributed by atoms with Crippen molar-refractivity contribution in [3.8, 4) is 0 Å². The average Bonchev–Trinajstić information content (AvgIpc) is 2.41. The van der Waals surface area contributed by atoms with Crippen molar-refractivity contribution in [3.63, 3.8) is 0 Å². The molecule has 2 aromatic rings. The molecule has 0 amide bonds. The number of nitrogens with two attached hydrogens (primary N) is 1. The van der Waals surface area contributed by atoms with Gasteiger partial charge in [0.25, 0.3) is 0 Å². The first-order valence-electron chi connectivity index (χ1n) is 6.93. The highest BCUT2D eigenvalue weighted by molar-refractivity contribution is 6.30.